The van der Waals surface area contributed by atoms with Crippen LogP contribution in [0.4, 0.5) is 0 Å². The number of rotatable bonds is 0. The summed E-state index contributed by atoms with van der Waals surface area (Å²) in [4.78, 5) is 0. The topological polar surface area (TPSA) is 692 Å². The zero-order valence-corrected chi connectivity index (χ0v) is 22.1. The summed E-state index contributed by atoms with van der Waals surface area (Å²) in [6.45, 7) is 0. The molecule has 240 valence electrons. The van der Waals surface area contributed by atoms with Crippen molar-refractivity contribution >= 4 is 73.2 Å². The van der Waals surface area contributed by atoms with E-state index >= 15 is 0 Å². The Balaban J connectivity index is -0.0000000270. The maximum Gasteiger partial charge on any atom is 1.00 e. The molecule has 0 aliphatic rings. The van der Waals surface area contributed by atoms with Crippen molar-refractivity contribution in [2.45, 2.75) is 0 Å². The van der Waals surface area contributed by atoms with Gasteiger partial charge in [0, 0.05) is 0 Å². The fourth-order valence-corrected chi connectivity index (χ4v) is 0. The SMILES string of the molecule is [K+].[O-]B([O-])[O-].[O-]B([O-])[O-].[O-]B([O-])[O-].[O-]B([O-])[O-].[O-]B([O-])[O-].[O-]B([O-])[O-].[O-]B([O-])[O-].[O-]B([O-])[O-].[O-]B([O-])[O-].[O-]B([O-])[O-]. The van der Waals surface area contributed by atoms with Crippen LogP contribution >= 0.6 is 0 Å². The van der Waals surface area contributed by atoms with Gasteiger partial charge in [-0.2, -0.15) is 0 Å². The van der Waals surface area contributed by atoms with Crippen molar-refractivity contribution in [2.24, 2.45) is 0 Å². The van der Waals surface area contributed by atoms with Crippen molar-refractivity contribution in [3.8, 4) is 0 Å². The van der Waals surface area contributed by atoms with E-state index in [0.717, 1.165) is 0 Å². The normalized spacial score (nSPS) is 6.59. The van der Waals surface area contributed by atoms with E-state index in [1.165, 1.54) is 0 Å². The van der Waals surface area contributed by atoms with Gasteiger partial charge in [0.2, 0.25) is 0 Å². The van der Waals surface area contributed by atoms with E-state index in [-0.39, 0.29) is 51.4 Å². The van der Waals surface area contributed by atoms with Crippen LogP contribution in [0.5, 0.6) is 0 Å². The van der Waals surface area contributed by atoms with Gasteiger partial charge in [-0.05, 0) is 0 Å². The van der Waals surface area contributed by atoms with E-state index in [2.05, 4.69) is 0 Å². The molecular weight excluding hydrogens is 627 g/mol. The first-order chi connectivity index (χ1) is 17.3. The van der Waals surface area contributed by atoms with Crippen LogP contribution in [0, 0.1) is 0 Å². The van der Waals surface area contributed by atoms with Crippen molar-refractivity contribution in [1.29, 1.82) is 0 Å². The minimum Gasteiger partial charge on any atom is -0.907 e. The Morgan fingerprint density at radius 2 is 0.122 bits per heavy atom. The molecule has 0 aromatic carbocycles. The molecule has 0 rings (SSSR count). The van der Waals surface area contributed by atoms with E-state index in [0.29, 0.717) is 0 Å². The average molecular weight is 627 g/mol. The molecule has 41 heavy (non-hydrogen) atoms. The monoisotopic (exact) mass is 629 g/mol. The number of hydrogen-bond donors (Lipinski definition) is 0. The average Bonchev–Trinajstić information content (AvgIpc) is 2.47. The first-order valence-electron chi connectivity index (χ1n) is 7.07. The molecule has 0 spiro atoms. The summed E-state index contributed by atoms with van der Waals surface area (Å²) in [7, 11) is -29.2. The molecule has 0 fully saturated rings. The van der Waals surface area contributed by atoms with Gasteiger partial charge in [-0.1, -0.05) is 0 Å². The van der Waals surface area contributed by atoms with Crippen LogP contribution in [0.25, 0.3) is 0 Å². The third kappa shape index (κ3) is 53200. The van der Waals surface area contributed by atoms with Crippen molar-refractivity contribution < 1.29 is 202 Å². The molecule has 0 aliphatic heterocycles. The Kier molecular flexibility index (Phi) is 123. The molecule has 0 heterocycles. The van der Waals surface area contributed by atoms with Gasteiger partial charge in [-0.25, -0.2) is 0 Å². The molecule has 0 atom stereocenters. The fourth-order valence-electron chi connectivity index (χ4n) is 0. The van der Waals surface area contributed by atoms with Gasteiger partial charge < -0.3 is 151 Å². The minimum atomic E-state index is -2.92. The Morgan fingerprint density at radius 3 is 0.122 bits per heavy atom. The smallest absolute Gasteiger partial charge is 0.907 e. The van der Waals surface area contributed by atoms with Gasteiger partial charge in [-0.15, -0.1) is 0 Å². The minimum absolute atomic E-state index is 0. The van der Waals surface area contributed by atoms with Crippen molar-refractivity contribution in [1.82, 2.24) is 0 Å². The fraction of sp³-hybridized carbons (Fsp3) is 0. The first kappa shape index (κ1) is 73.5. The molecular formula is B10KO30-29. The van der Waals surface area contributed by atoms with Gasteiger partial charge in [0.15, 0.2) is 0 Å². The van der Waals surface area contributed by atoms with Gasteiger partial charge in [0.1, 0.15) is 0 Å². The van der Waals surface area contributed by atoms with Crippen LogP contribution in [0.15, 0.2) is 0 Å². The van der Waals surface area contributed by atoms with Crippen molar-refractivity contribution in [2.75, 3.05) is 0 Å². The van der Waals surface area contributed by atoms with Gasteiger partial charge >= 0.3 is 51.4 Å². The Morgan fingerprint density at radius 1 is 0.122 bits per heavy atom. The second-order valence-corrected chi connectivity index (χ2v) is 2.89. The maximum absolute atomic E-state index is 8.42. The largest absolute Gasteiger partial charge is 1.00 e. The van der Waals surface area contributed by atoms with Crippen LogP contribution < -0.4 is 202 Å². The Labute approximate surface area is 273 Å². The predicted molar refractivity (Wildman–Crippen MR) is 57.5 cm³/mol. The zero-order chi connectivity index (χ0) is 35.8. The first-order valence-corrected chi connectivity index (χ1v) is 7.07. The Bertz CT molecular complexity index is 186. The third-order valence-electron chi connectivity index (χ3n) is 0. The second-order valence-electron chi connectivity index (χ2n) is 2.89. The predicted octanol–water partition coefficient (Wildman–Crippen LogP) is -42.5. The van der Waals surface area contributed by atoms with Crippen LogP contribution in [0.1, 0.15) is 0 Å². The standard InChI is InChI=1S/10BO3.K/c10*2-1(3)4;/q10*-3;+1. The third-order valence-corrected chi connectivity index (χ3v) is 0. The molecule has 0 aromatic rings. The summed E-state index contributed by atoms with van der Waals surface area (Å²) in [6.07, 6.45) is 0. The molecule has 0 amide bonds. The maximum atomic E-state index is 8.42. The molecule has 0 saturated heterocycles. The van der Waals surface area contributed by atoms with Crippen LogP contribution in [0.2, 0.25) is 0 Å². The zero-order valence-electron chi connectivity index (χ0n) is 19.0. The number of hydrogen-bond acceptors (Lipinski definition) is 30. The van der Waals surface area contributed by atoms with E-state index in [1.54, 1.807) is 0 Å². The molecule has 0 N–H and O–H groups in total. The van der Waals surface area contributed by atoms with E-state index in [1.807, 2.05) is 0 Å². The molecule has 0 saturated carbocycles. The van der Waals surface area contributed by atoms with E-state index in [4.69, 9.17) is 151 Å². The van der Waals surface area contributed by atoms with Crippen LogP contribution in [-0.4, -0.2) is 73.2 Å². The van der Waals surface area contributed by atoms with E-state index < -0.39 is 73.2 Å². The summed E-state index contributed by atoms with van der Waals surface area (Å²) in [5.41, 5.74) is 0. The summed E-state index contributed by atoms with van der Waals surface area (Å²) < 4.78 is 0. The molecule has 41 heteroatoms. The Hall–Kier alpha value is 1.09. The summed E-state index contributed by atoms with van der Waals surface area (Å²) in [5, 5.41) is 252. The van der Waals surface area contributed by atoms with Crippen molar-refractivity contribution in [3.63, 3.8) is 0 Å². The van der Waals surface area contributed by atoms with Crippen LogP contribution in [0.3, 0.4) is 0 Å². The summed E-state index contributed by atoms with van der Waals surface area (Å²) in [6, 6.07) is 0. The summed E-state index contributed by atoms with van der Waals surface area (Å²) >= 11 is 0. The van der Waals surface area contributed by atoms with Crippen molar-refractivity contribution in [3.05, 3.63) is 0 Å². The molecule has 0 radical (unpaired) electrons. The molecule has 0 bridgehead atoms. The molecule has 0 aliphatic carbocycles. The molecule has 0 unspecified atom stereocenters. The van der Waals surface area contributed by atoms with Gasteiger partial charge in [0.05, 0.1) is 0 Å². The second kappa shape index (κ2) is 68.3. The van der Waals surface area contributed by atoms with Crippen LogP contribution in [-0.2, 0) is 0 Å². The van der Waals surface area contributed by atoms with Gasteiger partial charge in [-0.3, -0.25) is 73.2 Å². The summed E-state index contributed by atoms with van der Waals surface area (Å²) in [5.74, 6) is 0. The quantitative estimate of drug-likeness (QED) is 0.225. The van der Waals surface area contributed by atoms with Gasteiger partial charge in [0.25, 0.3) is 0 Å². The molecule has 0 aromatic heterocycles. The molecule has 30 nitrogen and oxygen atoms in total. The van der Waals surface area contributed by atoms with E-state index in [9.17, 15) is 0 Å².